The minimum atomic E-state index is 0.461. The highest BCUT2D eigenvalue weighted by Crippen LogP contribution is 2.30. The summed E-state index contributed by atoms with van der Waals surface area (Å²) in [4.78, 5) is 9.64. The van der Waals surface area contributed by atoms with Crippen molar-refractivity contribution in [1.29, 1.82) is 0 Å². The monoisotopic (exact) mass is 275 g/mol. The highest BCUT2D eigenvalue weighted by Gasteiger charge is 2.18. The van der Waals surface area contributed by atoms with Crippen LogP contribution in [-0.4, -0.2) is 16.5 Å². The number of nitrogens with one attached hydrogen (secondary N) is 1. The molecule has 1 fully saturated rings. The van der Waals surface area contributed by atoms with E-state index in [0.717, 1.165) is 18.2 Å². The van der Waals surface area contributed by atoms with Crippen LogP contribution in [0.3, 0.4) is 0 Å². The maximum Gasteiger partial charge on any atom is 0.134 e. The third-order valence-electron chi connectivity index (χ3n) is 4.18. The second-order valence-electron chi connectivity index (χ2n) is 6.26. The summed E-state index contributed by atoms with van der Waals surface area (Å²) in [7, 11) is 0. The molecule has 0 unspecified atom stereocenters. The summed E-state index contributed by atoms with van der Waals surface area (Å²) in [6, 6.07) is 2.11. The molecule has 1 heterocycles. The number of aromatic nitrogens is 2. The van der Waals surface area contributed by atoms with Gasteiger partial charge in [-0.2, -0.15) is 0 Å². The van der Waals surface area contributed by atoms with Crippen LogP contribution in [0.4, 0.5) is 5.82 Å². The van der Waals surface area contributed by atoms with Crippen LogP contribution >= 0.6 is 0 Å². The number of nitrogens with zero attached hydrogens (tertiary/aromatic N) is 2. The molecule has 0 atom stereocenters. The van der Waals surface area contributed by atoms with E-state index < -0.39 is 0 Å². The van der Waals surface area contributed by atoms with Crippen LogP contribution in [0, 0.1) is 0 Å². The number of rotatable bonds is 4. The molecule has 0 spiro atoms. The molecule has 1 aromatic heterocycles. The van der Waals surface area contributed by atoms with Crippen LogP contribution in [0.1, 0.15) is 89.1 Å². The lowest BCUT2D eigenvalue weighted by molar-refractivity contribution is 0.441. The first-order chi connectivity index (χ1) is 9.70. The zero-order chi connectivity index (χ0) is 14.4. The van der Waals surface area contributed by atoms with Gasteiger partial charge in [0.05, 0.1) is 0 Å². The van der Waals surface area contributed by atoms with Gasteiger partial charge in [-0.1, -0.05) is 46.0 Å². The summed E-state index contributed by atoms with van der Waals surface area (Å²) < 4.78 is 0. The molecular formula is C17H29N3. The predicted octanol–water partition coefficient (Wildman–Crippen LogP) is 4.86. The summed E-state index contributed by atoms with van der Waals surface area (Å²) in [5.74, 6) is 3.10. The van der Waals surface area contributed by atoms with Gasteiger partial charge in [-0.05, 0) is 25.7 Å². The Morgan fingerprint density at radius 3 is 2.35 bits per heavy atom. The Kier molecular flexibility index (Phi) is 5.81. The van der Waals surface area contributed by atoms with Crippen LogP contribution in [0.15, 0.2) is 6.07 Å². The summed E-state index contributed by atoms with van der Waals surface area (Å²) in [6.45, 7) is 7.45. The molecule has 20 heavy (non-hydrogen) atoms. The van der Waals surface area contributed by atoms with Crippen molar-refractivity contribution in [2.45, 2.75) is 77.6 Å². The van der Waals surface area contributed by atoms with Gasteiger partial charge in [0.15, 0.2) is 0 Å². The molecule has 1 aromatic rings. The second-order valence-corrected chi connectivity index (χ2v) is 6.26. The largest absolute Gasteiger partial charge is 0.370 e. The van der Waals surface area contributed by atoms with Crippen molar-refractivity contribution in [3.8, 4) is 0 Å². The van der Waals surface area contributed by atoms with Crippen LogP contribution in [0.2, 0.25) is 0 Å². The first-order valence-corrected chi connectivity index (χ1v) is 8.33. The van der Waals surface area contributed by atoms with Crippen molar-refractivity contribution in [3.05, 3.63) is 17.6 Å². The van der Waals surface area contributed by atoms with Gasteiger partial charge in [-0.15, -0.1) is 0 Å². The first kappa shape index (κ1) is 15.3. The molecule has 0 aliphatic heterocycles. The SMILES string of the molecule is CCNc1cc(C(C)C)nc(C2CCCCCCC2)n1. The van der Waals surface area contributed by atoms with Crippen molar-refractivity contribution in [3.63, 3.8) is 0 Å². The Bertz CT molecular complexity index is 407. The summed E-state index contributed by atoms with van der Waals surface area (Å²) in [5.41, 5.74) is 1.17. The Balaban J connectivity index is 2.23. The normalized spacial score (nSPS) is 17.8. The lowest BCUT2D eigenvalue weighted by Gasteiger charge is -2.20. The lowest BCUT2D eigenvalue weighted by Crippen LogP contribution is -2.12. The Labute approximate surface area is 123 Å². The van der Waals surface area contributed by atoms with Crippen molar-refractivity contribution in [2.75, 3.05) is 11.9 Å². The van der Waals surface area contributed by atoms with Gasteiger partial charge < -0.3 is 5.32 Å². The standard InChI is InChI=1S/C17H29N3/c1-4-18-16-12-15(13(2)3)19-17(20-16)14-10-8-6-5-7-9-11-14/h12-14H,4-11H2,1-3H3,(H,18,19,20). The summed E-state index contributed by atoms with van der Waals surface area (Å²) in [6.07, 6.45) is 9.33. The lowest BCUT2D eigenvalue weighted by atomic mass is 9.90. The fraction of sp³-hybridized carbons (Fsp3) is 0.765. The Morgan fingerprint density at radius 2 is 1.75 bits per heavy atom. The maximum absolute atomic E-state index is 4.86. The molecule has 3 heteroatoms. The average molecular weight is 275 g/mol. The smallest absolute Gasteiger partial charge is 0.134 e. The highest BCUT2D eigenvalue weighted by atomic mass is 15.0. The van der Waals surface area contributed by atoms with Gasteiger partial charge in [0.2, 0.25) is 0 Å². The van der Waals surface area contributed by atoms with Crippen molar-refractivity contribution >= 4 is 5.82 Å². The molecule has 2 rings (SSSR count). The van der Waals surface area contributed by atoms with Gasteiger partial charge in [-0.3, -0.25) is 0 Å². The minimum Gasteiger partial charge on any atom is -0.370 e. The molecule has 1 aliphatic rings. The van der Waals surface area contributed by atoms with E-state index in [2.05, 4.69) is 32.2 Å². The van der Waals surface area contributed by atoms with Crippen LogP contribution in [0.5, 0.6) is 0 Å². The van der Waals surface area contributed by atoms with Crippen LogP contribution < -0.4 is 5.32 Å². The van der Waals surface area contributed by atoms with E-state index in [1.165, 1.54) is 50.6 Å². The van der Waals surface area contributed by atoms with Gasteiger partial charge in [0.25, 0.3) is 0 Å². The third kappa shape index (κ3) is 4.19. The van der Waals surface area contributed by atoms with E-state index in [0.29, 0.717) is 11.8 Å². The van der Waals surface area contributed by atoms with Crippen LogP contribution in [-0.2, 0) is 0 Å². The first-order valence-electron chi connectivity index (χ1n) is 8.33. The second kappa shape index (κ2) is 7.61. The molecule has 0 bridgehead atoms. The average Bonchev–Trinajstić information content (AvgIpc) is 2.38. The van der Waals surface area contributed by atoms with E-state index in [1.54, 1.807) is 0 Å². The van der Waals surface area contributed by atoms with Gasteiger partial charge in [-0.25, -0.2) is 9.97 Å². The van der Waals surface area contributed by atoms with Crippen LogP contribution in [0.25, 0.3) is 0 Å². The number of anilines is 1. The Morgan fingerprint density at radius 1 is 1.10 bits per heavy atom. The third-order valence-corrected chi connectivity index (χ3v) is 4.18. The zero-order valence-corrected chi connectivity index (χ0v) is 13.3. The summed E-state index contributed by atoms with van der Waals surface area (Å²) >= 11 is 0. The molecule has 3 nitrogen and oxygen atoms in total. The van der Waals surface area contributed by atoms with Gasteiger partial charge in [0, 0.05) is 24.2 Å². The van der Waals surface area contributed by atoms with Gasteiger partial charge in [0.1, 0.15) is 11.6 Å². The number of hydrogen-bond donors (Lipinski definition) is 1. The fourth-order valence-electron chi connectivity index (χ4n) is 2.95. The number of hydrogen-bond acceptors (Lipinski definition) is 3. The topological polar surface area (TPSA) is 37.8 Å². The molecule has 1 saturated carbocycles. The van der Waals surface area contributed by atoms with Crippen molar-refractivity contribution in [2.24, 2.45) is 0 Å². The fourth-order valence-corrected chi connectivity index (χ4v) is 2.95. The van der Waals surface area contributed by atoms with E-state index in [-0.39, 0.29) is 0 Å². The van der Waals surface area contributed by atoms with Crippen molar-refractivity contribution in [1.82, 2.24) is 9.97 Å². The minimum absolute atomic E-state index is 0.461. The molecule has 112 valence electrons. The van der Waals surface area contributed by atoms with E-state index >= 15 is 0 Å². The molecular weight excluding hydrogens is 246 g/mol. The highest BCUT2D eigenvalue weighted by molar-refractivity contribution is 5.37. The van der Waals surface area contributed by atoms with Gasteiger partial charge >= 0.3 is 0 Å². The van der Waals surface area contributed by atoms with E-state index in [1.807, 2.05) is 0 Å². The molecule has 1 aliphatic carbocycles. The maximum atomic E-state index is 4.86. The zero-order valence-electron chi connectivity index (χ0n) is 13.3. The van der Waals surface area contributed by atoms with E-state index in [9.17, 15) is 0 Å². The Hall–Kier alpha value is -1.12. The van der Waals surface area contributed by atoms with E-state index in [4.69, 9.17) is 9.97 Å². The van der Waals surface area contributed by atoms with Crippen molar-refractivity contribution < 1.29 is 0 Å². The molecule has 0 amide bonds. The predicted molar refractivity (Wildman–Crippen MR) is 85.3 cm³/mol. The molecule has 1 N–H and O–H groups in total. The molecule has 0 saturated heterocycles. The molecule has 0 radical (unpaired) electrons. The summed E-state index contributed by atoms with van der Waals surface area (Å²) in [5, 5.41) is 3.36. The quantitative estimate of drug-likeness (QED) is 0.852. The molecule has 0 aromatic carbocycles.